The van der Waals surface area contributed by atoms with E-state index in [1.807, 2.05) is 0 Å². The minimum absolute atomic E-state index is 0.0685. The summed E-state index contributed by atoms with van der Waals surface area (Å²) in [6, 6.07) is 11.8. The van der Waals surface area contributed by atoms with Crippen LogP contribution in [-0.4, -0.2) is 70.4 Å². The highest BCUT2D eigenvalue weighted by molar-refractivity contribution is 7.89. The summed E-state index contributed by atoms with van der Waals surface area (Å²) in [5.74, 6) is -1.28. The number of carbonyl (C=O) groups is 3. The molecule has 2 aromatic rings. The molecule has 1 heterocycles. The van der Waals surface area contributed by atoms with Crippen molar-refractivity contribution in [3.8, 4) is 5.75 Å². The van der Waals surface area contributed by atoms with Gasteiger partial charge in [-0.15, -0.1) is 0 Å². The van der Waals surface area contributed by atoms with Gasteiger partial charge in [-0.05, 0) is 42.5 Å². The number of ether oxygens (including phenoxy) is 2. The molecule has 0 radical (unpaired) electrons. The standard InChI is InChI=1S/C21H24N4O7S/c1-31-17-4-2-3-16(13-17)21(28)24-23-19(26)14-22-20(27)15-5-7-18(8-6-15)33(29,30)25-9-11-32-12-10-25/h2-8,13H,9-12,14H2,1H3,(H,22,27)(H,23,26)(H,24,28). The Morgan fingerprint density at radius 3 is 2.33 bits per heavy atom. The highest BCUT2D eigenvalue weighted by Crippen LogP contribution is 2.17. The van der Waals surface area contributed by atoms with E-state index in [9.17, 15) is 22.8 Å². The van der Waals surface area contributed by atoms with E-state index in [2.05, 4.69) is 16.2 Å². The molecule has 0 unspecified atom stereocenters. The number of carbonyl (C=O) groups excluding carboxylic acids is 3. The van der Waals surface area contributed by atoms with E-state index in [0.29, 0.717) is 19.0 Å². The largest absolute Gasteiger partial charge is 0.497 e. The number of methoxy groups -OCH3 is 1. The van der Waals surface area contributed by atoms with Crippen molar-refractivity contribution in [2.45, 2.75) is 4.90 Å². The molecule has 1 fully saturated rings. The van der Waals surface area contributed by atoms with Crippen molar-refractivity contribution in [1.29, 1.82) is 0 Å². The predicted molar refractivity (Wildman–Crippen MR) is 117 cm³/mol. The Kier molecular flexibility index (Phi) is 7.98. The molecule has 0 bridgehead atoms. The van der Waals surface area contributed by atoms with Crippen LogP contribution in [0.15, 0.2) is 53.4 Å². The molecule has 0 aliphatic carbocycles. The number of hydrogen-bond acceptors (Lipinski definition) is 7. The van der Waals surface area contributed by atoms with Gasteiger partial charge in [0.25, 0.3) is 17.7 Å². The monoisotopic (exact) mass is 476 g/mol. The minimum Gasteiger partial charge on any atom is -0.497 e. The first kappa shape index (κ1) is 24.2. The maximum absolute atomic E-state index is 12.6. The summed E-state index contributed by atoms with van der Waals surface area (Å²) >= 11 is 0. The number of rotatable bonds is 7. The number of amides is 3. The first-order valence-corrected chi connectivity index (χ1v) is 11.4. The fraction of sp³-hybridized carbons (Fsp3) is 0.286. The minimum atomic E-state index is -3.66. The Hall–Kier alpha value is -3.48. The van der Waals surface area contributed by atoms with Crippen molar-refractivity contribution in [3.63, 3.8) is 0 Å². The second kappa shape index (κ2) is 10.9. The fourth-order valence-corrected chi connectivity index (χ4v) is 4.39. The van der Waals surface area contributed by atoms with Gasteiger partial charge >= 0.3 is 0 Å². The fourth-order valence-electron chi connectivity index (χ4n) is 2.98. The smallest absolute Gasteiger partial charge is 0.269 e. The molecule has 1 aliphatic rings. The summed E-state index contributed by atoms with van der Waals surface area (Å²) in [5, 5.41) is 2.40. The molecule has 33 heavy (non-hydrogen) atoms. The maximum atomic E-state index is 12.6. The van der Waals surface area contributed by atoms with Crippen LogP contribution in [-0.2, 0) is 19.6 Å². The van der Waals surface area contributed by atoms with Gasteiger partial charge in [0.15, 0.2) is 0 Å². The number of benzene rings is 2. The Bertz CT molecular complexity index is 1110. The van der Waals surface area contributed by atoms with Crippen LogP contribution in [0.2, 0.25) is 0 Å². The van der Waals surface area contributed by atoms with Gasteiger partial charge in [0.2, 0.25) is 10.0 Å². The van der Waals surface area contributed by atoms with Gasteiger partial charge < -0.3 is 14.8 Å². The summed E-state index contributed by atoms with van der Waals surface area (Å²) < 4.78 is 36.8. The van der Waals surface area contributed by atoms with Crippen molar-refractivity contribution in [2.75, 3.05) is 40.0 Å². The Morgan fingerprint density at radius 2 is 1.67 bits per heavy atom. The van der Waals surface area contributed by atoms with E-state index >= 15 is 0 Å². The lowest BCUT2D eigenvalue weighted by Gasteiger charge is -2.26. The topological polar surface area (TPSA) is 143 Å². The van der Waals surface area contributed by atoms with E-state index in [1.54, 1.807) is 18.2 Å². The van der Waals surface area contributed by atoms with Crippen LogP contribution >= 0.6 is 0 Å². The Morgan fingerprint density at radius 1 is 0.970 bits per heavy atom. The summed E-state index contributed by atoms with van der Waals surface area (Å²) in [4.78, 5) is 36.4. The molecule has 0 aromatic heterocycles. The predicted octanol–water partition coefficient (Wildman–Crippen LogP) is -0.0929. The highest BCUT2D eigenvalue weighted by atomic mass is 32.2. The highest BCUT2D eigenvalue weighted by Gasteiger charge is 2.26. The number of morpholine rings is 1. The van der Waals surface area contributed by atoms with Gasteiger partial charge in [-0.25, -0.2) is 8.42 Å². The van der Waals surface area contributed by atoms with Crippen LogP contribution in [0.25, 0.3) is 0 Å². The average molecular weight is 477 g/mol. The lowest BCUT2D eigenvalue weighted by molar-refractivity contribution is -0.120. The van der Waals surface area contributed by atoms with Gasteiger partial charge in [0, 0.05) is 24.2 Å². The van der Waals surface area contributed by atoms with Crippen molar-refractivity contribution >= 4 is 27.7 Å². The SMILES string of the molecule is COc1cccc(C(=O)NNC(=O)CNC(=O)c2ccc(S(=O)(=O)N3CCOCC3)cc2)c1. The van der Waals surface area contributed by atoms with Crippen LogP contribution in [0, 0.1) is 0 Å². The second-order valence-corrected chi connectivity index (χ2v) is 8.90. The first-order chi connectivity index (χ1) is 15.8. The molecular formula is C21H24N4O7S. The zero-order valence-corrected chi connectivity index (χ0v) is 18.7. The molecule has 0 spiro atoms. The number of sulfonamides is 1. The first-order valence-electron chi connectivity index (χ1n) is 10.0. The molecule has 3 amide bonds. The van der Waals surface area contributed by atoms with Gasteiger partial charge in [0.05, 0.1) is 31.8 Å². The second-order valence-electron chi connectivity index (χ2n) is 6.96. The third-order valence-electron chi connectivity index (χ3n) is 4.78. The molecule has 0 saturated carbocycles. The molecule has 11 nitrogen and oxygen atoms in total. The number of hydrogen-bond donors (Lipinski definition) is 3. The number of hydrazine groups is 1. The lowest BCUT2D eigenvalue weighted by Crippen LogP contribution is -2.46. The molecule has 12 heteroatoms. The summed E-state index contributed by atoms with van der Waals surface area (Å²) in [6.45, 7) is 0.816. The quantitative estimate of drug-likeness (QED) is 0.474. The van der Waals surface area contributed by atoms with Crippen molar-refractivity contribution in [3.05, 3.63) is 59.7 Å². The molecule has 3 N–H and O–H groups in total. The van der Waals surface area contributed by atoms with Crippen LogP contribution in [0.1, 0.15) is 20.7 Å². The third-order valence-corrected chi connectivity index (χ3v) is 6.69. The zero-order valence-electron chi connectivity index (χ0n) is 17.9. The molecule has 0 atom stereocenters. The van der Waals surface area contributed by atoms with E-state index in [-0.39, 0.29) is 29.1 Å². The van der Waals surface area contributed by atoms with Gasteiger partial charge in [-0.1, -0.05) is 6.07 Å². The van der Waals surface area contributed by atoms with Gasteiger partial charge in [-0.3, -0.25) is 25.2 Å². The van der Waals surface area contributed by atoms with Gasteiger partial charge in [-0.2, -0.15) is 4.31 Å². The van der Waals surface area contributed by atoms with Gasteiger partial charge in [0.1, 0.15) is 5.75 Å². The van der Waals surface area contributed by atoms with E-state index < -0.39 is 34.3 Å². The molecule has 2 aromatic carbocycles. The van der Waals surface area contributed by atoms with Crippen LogP contribution < -0.4 is 20.9 Å². The third kappa shape index (κ3) is 6.28. The Labute approximate surface area is 191 Å². The van der Waals surface area contributed by atoms with Crippen LogP contribution in [0.4, 0.5) is 0 Å². The number of nitrogens with one attached hydrogen (secondary N) is 3. The zero-order chi connectivity index (χ0) is 23.8. The van der Waals surface area contributed by atoms with Crippen molar-refractivity contribution < 1.29 is 32.3 Å². The van der Waals surface area contributed by atoms with Crippen molar-refractivity contribution in [2.24, 2.45) is 0 Å². The van der Waals surface area contributed by atoms with Crippen LogP contribution in [0.5, 0.6) is 5.75 Å². The number of nitrogens with zero attached hydrogens (tertiary/aromatic N) is 1. The molecule has 1 aliphatic heterocycles. The Balaban J connectivity index is 1.48. The molecular weight excluding hydrogens is 452 g/mol. The van der Waals surface area contributed by atoms with E-state index in [0.717, 1.165) is 0 Å². The average Bonchev–Trinajstić information content (AvgIpc) is 2.86. The van der Waals surface area contributed by atoms with Crippen LogP contribution in [0.3, 0.4) is 0 Å². The summed E-state index contributed by atoms with van der Waals surface area (Å²) in [7, 11) is -2.19. The molecule has 1 saturated heterocycles. The van der Waals surface area contributed by atoms with E-state index in [4.69, 9.17) is 9.47 Å². The normalized spacial score (nSPS) is 14.2. The summed E-state index contributed by atoms with van der Waals surface area (Å²) in [5.41, 5.74) is 4.91. The van der Waals surface area contributed by atoms with Crippen molar-refractivity contribution in [1.82, 2.24) is 20.5 Å². The molecule has 176 valence electrons. The molecule has 3 rings (SSSR count). The lowest BCUT2D eigenvalue weighted by atomic mass is 10.2. The summed E-state index contributed by atoms with van der Waals surface area (Å²) in [6.07, 6.45) is 0. The van der Waals surface area contributed by atoms with E-state index in [1.165, 1.54) is 41.7 Å². The maximum Gasteiger partial charge on any atom is 0.269 e.